The van der Waals surface area contributed by atoms with Gasteiger partial charge in [-0.2, -0.15) is 5.10 Å². The van der Waals surface area contributed by atoms with Crippen LogP contribution in [0.2, 0.25) is 0 Å². The van der Waals surface area contributed by atoms with Gasteiger partial charge in [0.25, 0.3) is 0 Å². The zero-order chi connectivity index (χ0) is 22.2. The van der Waals surface area contributed by atoms with Crippen molar-refractivity contribution in [3.63, 3.8) is 0 Å². The summed E-state index contributed by atoms with van der Waals surface area (Å²) in [6.45, 7) is 1.81. The number of alkyl halides is 1. The first-order chi connectivity index (χ1) is 14.8. The van der Waals surface area contributed by atoms with Gasteiger partial charge in [-0.15, -0.1) is 11.8 Å². The molecule has 1 aliphatic rings. The second kappa shape index (κ2) is 8.63. The Morgan fingerprint density at radius 1 is 1.32 bits per heavy atom. The average molecular weight is 458 g/mol. The Kier molecular flexibility index (Phi) is 6.08. The Balaban J connectivity index is 1.88. The highest BCUT2D eigenvalue weighted by atomic mass is 32.2. The molecule has 0 spiro atoms. The van der Waals surface area contributed by atoms with Crippen LogP contribution in [-0.4, -0.2) is 40.9 Å². The Hall–Kier alpha value is -2.38. The third-order valence-corrected chi connectivity index (χ3v) is 6.08. The molecule has 1 fully saturated rings. The summed E-state index contributed by atoms with van der Waals surface area (Å²) in [5, 5.41) is 5.26. The number of nitrogens with zero attached hydrogens (tertiary/aromatic N) is 2. The number of hydrogen-bond donors (Lipinski definition) is 0. The molecule has 2 aromatic carbocycles. The molecule has 0 radical (unpaired) electrons. The zero-order valence-corrected chi connectivity index (χ0v) is 19.1. The maximum absolute atomic E-state index is 13.8. The van der Waals surface area contributed by atoms with Gasteiger partial charge in [-0.05, 0) is 56.2 Å². The van der Waals surface area contributed by atoms with Crippen LogP contribution < -0.4 is 10.2 Å². The quantitative estimate of drug-likeness (QED) is 0.308. The Morgan fingerprint density at radius 3 is 2.65 bits per heavy atom. The first kappa shape index (κ1) is 21.8. The molecule has 0 aliphatic heterocycles. The van der Waals surface area contributed by atoms with E-state index in [-0.39, 0.29) is 12.3 Å². The van der Waals surface area contributed by atoms with Gasteiger partial charge < -0.3 is 9.47 Å². The number of ether oxygens (including phenoxy) is 2. The predicted molar refractivity (Wildman–Crippen MR) is 125 cm³/mol. The molecule has 31 heavy (non-hydrogen) atoms. The number of carbonyl (C=O) groups excluding carboxylic acids is 1. The molecule has 1 heterocycles. The van der Waals surface area contributed by atoms with Crippen molar-refractivity contribution in [1.29, 1.82) is 0 Å². The number of esters is 1. The van der Waals surface area contributed by atoms with Gasteiger partial charge in [0, 0.05) is 10.1 Å². The lowest BCUT2D eigenvalue weighted by Gasteiger charge is -2.18. The standard InChI is InChI=1S/C21H21BFN2O4PS/c1-2-28-20(27)18-19(26)17-15(4-3-5-16(17)31-14-10-11-14)25(24-18)12-6-8-13(9-7-12)29-21(22,23)30/h3-9,14H,2,10-11,22,30H2,1H3. The van der Waals surface area contributed by atoms with Gasteiger partial charge in [0.15, 0.2) is 0 Å². The summed E-state index contributed by atoms with van der Waals surface area (Å²) in [6.07, 6.45) is 2.21. The molecule has 1 aliphatic carbocycles. The number of hydrogen-bond acceptors (Lipinski definition) is 6. The van der Waals surface area contributed by atoms with E-state index in [1.165, 1.54) is 7.85 Å². The first-order valence-electron chi connectivity index (χ1n) is 9.94. The lowest BCUT2D eigenvalue weighted by Crippen LogP contribution is -2.24. The van der Waals surface area contributed by atoms with E-state index < -0.39 is 16.9 Å². The van der Waals surface area contributed by atoms with Crippen LogP contribution in [0.3, 0.4) is 0 Å². The molecule has 0 amide bonds. The third-order valence-electron chi connectivity index (χ3n) is 4.56. The van der Waals surface area contributed by atoms with Crippen LogP contribution in [0.25, 0.3) is 16.6 Å². The van der Waals surface area contributed by atoms with Crippen molar-refractivity contribution in [2.75, 3.05) is 6.61 Å². The van der Waals surface area contributed by atoms with Gasteiger partial charge in [0.2, 0.25) is 24.5 Å². The summed E-state index contributed by atoms with van der Waals surface area (Å²) in [4.78, 5) is 26.5. The van der Waals surface area contributed by atoms with Crippen molar-refractivity contribution >= 4 is 45.7 Å². The average Bonchev–Trinajstić information content (AvgIpc) is 3.52. The van der Waals surface area contributed by atoms with E-state index in [9.17, 15) is 14.0 Å². The Bertz CT molecular complexity index is 1190. The minimum absolute atomic E-state index is 0.138. The first-order valence-corrected chi connectivity index (χ1v) is 11.4. The molecule has 3 aromatic rings. The summed E-state index contributed by atoms with van der Waals surface area (Å²) in [5.74, 6) is -0.421. The van der Waals surface area contributed by atoms with Crippen molar-refractivity contribution in [3.8, 4) is 11.4 Å². The number of halogens is 1. The third kappa shape index (κ3) is 4.94. The lowest BCUT2D eigenvalue weighted by atomic mass is 10.1. The van der Waals surface area contributed by atoms with Gasteiger partial charge in [0.05, 0.1) is 23.2 Å². The highest BCUT2D eigenvalue weighted by Gasteiger charge is 2.26. The van der Waals surface area contributed by atoms with Crippen LogP contribution in [0, 0.1) is 0 Å². The van der Waals surface area contributed by atoms with Crippen molar-refractivity contribution in [2.24, 2.45) is 0 Å². The number of benzene rings is 2. The molecule has 1 aromatic heterocycles. The molecule has 2 unspecified atom stereocenters. The van der Waals surface area contributed by atoms with Crippen LogP contribution >= 0.6 is 21.0 Å². The zero-order valence-electron chi connectivity index (χ0n) is 17.1. The van der Waals surface area contributed by atoms with E-state index in [0.29, 0.717) is 27.6 Å². The van der Waals surface area contributed by atoms with E-state index in [1.54, 1.807) is 53.7 Å². The molecule has 6 nitrogen and oxygen atoms in total. The predicted octanol–water partition coefficient (Wildman–Crippen LogP) is 3.28. The van der Waals surface area contributed by atoms with Crippen LogP contribution in [-0.2, 0) is 4.74 Å². The fraction of sp³-hybridized carbons (Fsp3) is 0.286. The Morgan fingerprint density at radius 2 is 2.03 bits per heavy atom. The monoisotopic (exact) mass is 458 g/mol. The van der Waals surface area contributed by atoms with Crippen molar-refractivity contribution in [3.05, 3.63) is 58.4 Å². The van der Waals surface area contributed by atoms with E-state index in [1.807, 2.05) is 21.4 Å². The maximum atomic E-state index is 13.8. The fourth-order valence-electron chi connectivity index (χ4n) is 3.12. The summed E-state index contributed by atoms with van der Waals surface area (Å²) in [5.41, 5.74) is -1.42. The highest BCUT2D eigenvalue weighted by Crippen LogP contribution is 2.41. The summed E-state index contributed by atoms with van der Waals surface area (Å²) < 4.78 is 25.6. The molecule has 160 valence electrons. The molecule has 10 heteroatoms. The number of carbonyl (C=O) groups is 1. The number of rotatable bonds is 7. The maximum Gasteiger partial charge on any atom is 0.362 e. The topological polar surface area (TPSA) is 70.4 Å². The van der Waals surface area contributed by atoms with Crippen LogP contribution in [0.5, 0.6) is 5.75 Å². The SMILES string of the molecule is BC(F)(P)Oc1ccc(-n2nc(C(=O)OCC)c(=O)c3c(SC4CC4)cccc32)cc1. The molecule has 1 saturated carbocycles. The minimum atomic E-state index is -1.89. The lowest BCUT2D eigenvalue weighted by molar-refractivity contribution is 0.0516. The van der Waals surface area contributed by atoms with E-state index in [4.69, 9.17) is 9.47 Å². The number of fused-ring (bicyclic) bond motifs is 1. The van der Waals surface area contributed by atoms with Crippen molar-refractivity contribution in [1.82, 2.24) is 9.78 Å². The van der Waals surface area contributed by atoms with Crippen LogP contribution in [0.1, 0.15) is 30.3 Å². The van der Waals surface area contributed by atoms with Gasteiger partial charge >= 0.3 is 5.97 Å². The summed E-state index contributed by atoms with van der Waals surface area (Å²) in [6, 6.07) is 12.2. The highest BCUT2D eigenvalue weighted by molar-refractivity contribution is 8.00. The molecule has 4 rings (SSSR count). The largest absolute Gasteiger partial charge is 0.464 e. The summed E-state index contributed by atoms with van der Waals surface area (Å²) >= 11 is 1.64. The second-order valence-corrected chi connectivity index (χ2v) is 9.73. The van der Waals surface area contributed by atoms with Crippen molar-refractivity contribution in [2.45, 2.75) is 35.4 Å². The molecule has 0 saturated heterocycles. The van der Waals surface area contributed by atoms with E-state index in [0.717, 1.165) is 17.7 Å². The van der Waals surface area contributed by atoms with Gasteiger partial charge in [-0.3, -0.25) is 4.79 Å². The van der Waals surface area contributed by atoms with E-state index in [2.05, 4.69) is 5.10 Å². The molecule has 2 atom stereocenters. The normalized spacial score (nSPS) is 15.5. The number of aromatic nitrogens is 2. The summed E-state index contributed by atoms with van der Waals surface area (Å²) in [7, 11) is 3.26. The Labute approximate surface area is 186 Å². The van der Waals surface area contributed by atoms with Crippen molar-refractivity contribution < 1.29 is 18.7 Å². The fourth-order valence-corrected chi connectivity index (χ4v) is 4.46. The molecule has 0 bridgehead atoms. The minimum Gasteiger partial charge on any atom is -0.464 e. The van der Waals surface area contributed by atoms with Crippen LogP contribution in [0.4, 0.5) is 4.39 Å². The molecular weight excluding hydrogens is 437 g/mol. The van der Waals surface area contributed by atoms with Gasteiger partial charge in [-0.1, -0.05) is 15.3 Å². The van der Waals surface area contributed by atoms with Crippen LogP contribution in [0.15, 0.2) is 52.2 Å². The smallest absolute Gasteiger partial charge is 0.362 e. The van der Waals surface area contributed by atoms with Gasteiger partial charge in [-0.25, -0.2) is 13.9 Å². The van der Waals surface area contributed by atoms with Gasteiger partial charge in [0.1, 0.15) is 5.75 Å². The number of thioether (sulfide) groups is 1. The van der Waals surface area contributed by atoms with E-state index >= 15 is 0 Å². The second-order valence-electron chi connectivity index (χ2n) is 7.36. The molecular formula is C21H21BFN2O4PS. The molecule has 0 N–H and O–H groups in total.